The largest absolute Gasteiger partial charge is 0.424 e. The van der Waals surface area contributed by atoms with E-state index in [4.69, 9.17) is 32.7 Å². The Morgan fingerprint density at radius 1 is 1.19 bits per heavy atom. The summed E-state index contributed by atoms with van der Waals surface area (Å²) in [5.74, 6) is -0.610. The maximum absolute atomic E-state index is 12.2. The number of carbonyl (C=O) groups is 2. The molecule has 1 aliphatic heterocycles. The molecule has 0 saturated heterocycles. The Morgan fingerprint density at radius 2 is 1.85 bits per heavy atom. The van der Waals surface area contributed by atoms with Gasteiger partial charge in [0.15, 0.2) is 11.4 Å². The Morgan fingerprint density at radius 3 is 2.44 bits per heavy atom. The molecular weight excluding hydrogens is 525 g/mol. The fourth-order valence-electron chi connectivity index (χ4n) is 2.25. The van der Waals surface area contributed by atoms with Crippen molar-refractivity contribution in [3.8, 4) is 5.75 Å². The normalized spacial score (nSPS) is 14.9. The Balaban J connectivity index is 1.96. The number of nitrogens with zero attached hydrogens (tertiary/aromatic N) is 1. The van der Waals surface area contributed by atoms with Crippen LogP contribution in [-0.4, -0.2) is 17.8 Å². The highest BCUT2D eigenvalue weighted by molar-refractivity contribution is 9.11. The van der Waals surface area contributed by atoms with Gasteiger partial charge >= 0.3 is 11.9 Å². The van der Waals surface area contributed by atoms with Gasteiger partial charge in [-0.05, 0) is 73.8 Å². The molecule has 5 nitrogen and oxygen atoms in total. The zero-order chi connectivity index (χ0) is 19.7. The molecule has 0 amide bonds. The SMILES string of the molecule is CC(=O)Oc1c(Br)cc(/C=C2\N=C(c3ccc(Cl)cc3Cl)OC2=O)cc1Br. The number of hydrogen-bond donors (Lipinski definition) is 0. The number of carbonyl (C=O) groups excluding carboxylic acids is 2. The summed E-state index contributed by atoms with van der Waals surface area (Å²) in [5, 5.41) is 0.790. The van der Waals surface area contributed by atoms with Crippen LogP contribution in [-0.2, 0) is 14.3 Å². The minimum Gasteiger partial charge on any atom is -0.424 e. The van der Waals surface area contributed by atoms with E-state index in [0.717, 1.165) is 0 Å². The quantitative estimate of drug-likeness (QED) is 0.285. The Hall–Kier alpha value is -1.67. The van der Waals surface area contributed by atoms with Crippen LogP contribution in [0.2, 0.25) is 10.0 Å². The first-order valence-corrected chi connectivity index (χ1v) is 9.74. The van der Waals surface area contributed by atoms with Crippen molar-refractivity contribution in [3.05, 3.63) is 66.1 Å². The zero-order valence-electron chi connectivity index (χ0n) is 13.6. The predicted octanol–water partition coefficient (Wildman–Crippen LogP) is 5.79. The van der Waals surface area contributed by atoms with Gasteiger partial charge in [0.2, 0.25) is 5.90 Å². The monoisotopic (exact) mass is 531 g/mol. The molecule has 0 fully saturated rings. The molecule has 27 heavy (non-hydrogen) atoms. The molecule has 1 heterocycles. The summed E-state index contributed by atoms with van der Waals surface area (Å²) in [7, 11) is 0. The standard InChI is InChI=1S/C18H9Br2Cl2NO4/c1-8(24)26-16-12(19)4-9(5-13(16)20)6-15-18(25)27-17(23-15)11-3-2-10(21)7-14(11)22/h2-7H,1H3/b15-6-. The van der Waals surface area contributed by atoms with Crippen molar-refractivity contribution >= 4 is 79.0 Å². The molecule has 0 bridgehead atoms. The lowest BCUT2D eigenvalue weighted by Gasteiger charge is -2.08. The molecule has 0 radical (unpaired) electrons. The van der Waals surface area contributed by atoms with Crippen LogP contribution in [0, 0.1) is 0 Å². The second kappa shape index (κ2) is 8.14. The molecule has 0 aromatic heterocycles. The van der Waals surface area contributed by atoms with E-state index in [1.165, 1.54) is 6.92 Å². The van der Waals surface area contributed by atoms with Crippen LogP contribution in [0.25, 0.3) is 6.08 Å². The lowest BCUT2D eigenvalue weighted by atomic mass is 10.2. The first-order chi connectivity index (χ1) is 12.7. The van der Waals surface area contributed by atoms with E-state index in [9.17, 15) is 9.59 Å². The van der Waals surface area contributed by atoms with Crippen LogP contribution in [0.3, 0.4) is 0 Å². The van der Waals surface area contributed by atoms with Crippen molar-refractivity contribution in [3.63, 3.8) is 0 Å². The first kappa shape index (κ1) is 20.1. The molecule has 0 N–H and O–H groups in total. The summed E-state index contributed by atoms with van der Waals surface area (Å²) in [4.78, 5) is 27.5. The number of cyclic esters (lactones) is 1. The number of benzene rings is 2. The highest BCUT2D eigenvalue weighted by atomic mass is 79.9. The molecule has 9 heteroatoms. The number of ether oxygens (including phenoxy) is 2. The second-order valence-corrected chi connectivity index (χ2v) is 7.92. The highest BCUT2D eigenvalue weighted by Gasteiger charge is 2.26. The van der Waals surface area contributed by atoms with Gasteiger partial charge in [0.1, 0.15) is 0 Å². The fourth-order valence-corrected chi connectivity index (χ4v) is 4.12. The summed E-state index contributed by atoms with van der Waals surface area (Å²) in [6.45, 7) is 1.31. The van der Waals surface area contributed by atoms with E-state index >= 15 is 0 Å². The van der Waals surface area contributed by atoms with Crippen LogP contribution in [0.5, 0.6) is 5.75 Å². The van der Waals surface area contributed by atoms with Gasteiger partial charge in [-0.3, -0.25) is 4.79 Å². The average molecular weight is 534 g/mol. The predicted molar refractivity (Wildman–Crippen MR) is 110 cm³/mol. The average Bonchev–Trinajstić information content (AvgIpc) is 2.91. The summed E-state index contributed by atoms with van der Waals surface area (Å²) < 4.78 is 11.4. The molecule has 2 aromatic carbocycles. The maximum atomic E-state index is 12.2. The van der Waals surface area contributed by atoms with Crippen molar-refractivity contribution in [2.45, 2.75) is 6.92 Å². The van der Waals surface area contributed by atoms with Gasteiger partial charge in [-0.25, -0.2) is 9.79 Å². The van der Waals surface area contributed by atoms with Crippen molar-refractivity contribution in [2.75, 3.05) is 0 Å². The minimum atomic E-state index is -0.604. The molecular formula is C18H9Br2Cl2NO4. The van der Waals surface area contributed by atoms with E-state index < -0.39 is 11.9 Å². The van der Waals surface area contributed by atoms with Gasteiger partial charge in [0.05, 0.1) is 19.5 Å². The molecule has 3 rings (SSSR count). The molecule has 1 aliphatic rings. The molecule has 0 atom stereocenters. The Bertz CT molecular complexity index is 1010. The smallest absolute Gasteiger partial charge is 0.363 e. The third-order valence-corrected chi connectivity index (χ3v) is 5.08. The summed E-state index contributed by atoms with van der Waals surface area (Å²) in [6, 6.07) is 8.17. The van der Waals surface area contributed by atoms with Gasteiger partial charge in [-0.2, -0.15) is 0 Å². The van der Waals surface area contributed by atoms with Crippen molar-refractivity contribution in [2.24, 2.45) is 4.99 Å². The number of esters is 2. The topological polar surface area (TPSA) is 65.0 Å². The van der Waals surface area contributed by atoms with Gasteiger partial charge in [-0.15, -0.1) is 0 Å². The lowest BCUT2D eigenvalue weighted by Crippen LogP contribution is -2.06. The molecule has 0 aliphatic carbocycles. The lowest BCUT2D eigenvalue weighted by molar-refractivity contribution is -0.132. The second-order valence-electron chi connectivity index (χ2n) is 5.37. The van der Waals surface area contributed by atoms with E-state index in [1.807, 2.05) is 0 Å². The van der Waals surface area contributed by atoms with Crippen molar-refractivity contribution < 1.29 is 19.1 Å². The summed E-state index contributed by atoms with van der Waals surface area (Å²) in [5.41, 5.74) is 1.21. The number of halogens is 4. The minimum absolute atomic E-state index is 0.0996. The van der Waals surface area contributed by atoms with Gasteiger partial charge in [0, 0.05) is 11.9 Å². The van der Waals surface area contributed by atoms with Crippen LogP contribution >= 0.6 is 55.1 Å². The molecule has 2 aromatic rings. The molecule has 138 valence electrons. The third kappa shape index (κ3) is 4.60. The molecule has 0 spiro atoms. The van der Waals surface area contributed by atoms with E-state index in [1.54, 1.807) is 36.4 Å². The van der Waals surface area contributed by atoms with Gasteiger partial charge in [0.25, 0.3) is 0 Å². The van der Waals surface area contributed by atoms with Crippen LogP contribution in [0.1, 0.15) is 18.1 Å². The summed E-state index contributed by atoms with van der Waals surface area (Å²) >= 11 is 18.7. The van der Waals surface area contributed by atoms with Crippen LogP contribution < -0.4 is 4.74 Å². The van der Waals surface area contributed by atoms with E-state index in [2.05, 4.69) is 36.9 Å². The first-order valence-electron chi connectivity index (χ1n) is 7.40. The number of rotatable bonds is 3. The number of hydrogen-bond acceptors (Lipinski definition) is 5. The fraction of sp³-hybridized carbons (Fsp3) is 0.0556. The summed E-state index contributed by atoms with van der Waals surface area (Å²) in [6.07, 6.45) is 1.55. The van der Waals surface area contributed by atoms with Gasteiger partial charge in [-0.1, -0.05) is 23.2 Å². The van der Waals surface area contributed by atoms with E-state index in [0.29, 0.717) is 35.9 Å². The van der Waals surface area contributed by atoms with Gasteiger partial charge < -0.3 is 9.47 Å². The third-order valence-electron chi connectivity index (χ3n) is 3.35. The Labute approximate surface area is 181 Å². The zero-order valence-corrected chi connectivity index (χ0v) is 18.2. The molecule has 0 unspecified atom stereocenters. The van der Waals surface area contributed by atoms with Crippen molar-refractivity contribution in [1.29, 1.82) is 0 Å². The molecule has 0 saturated carbocycles. The maximum Gasteiger partial charge on any atom is 0.363 e. The Kier molecular flexibility index (Phi) is 6.05. The number of aliphatic imine (C=N–C) groups is 1. The van der Waals surface area contributed by atoms with E-state index in [-0.39, 0.29) is 11.6 Å². The van der Waals surface area contributed by atoms with Crippen LogP contribution in [0.4, 0.5) is 0 Å². The van der Waals surface area contributed by atoms with Crippen LogP contribution in [0.15, 0.2) is 50.0 Å². The highest BCUT2D eigenvalue weighted by Crippen LogP contribution is 2.36. The van der Waals surface area contributed by atoms with Crippen molar-refractivity contribution in [1.82, 2.24) is 0 Å².